The molecule has 0 spiro atoms. The number of carbonyl (C=O) groups excluding carboxylic acids is 2. The summed E-state index contributed by atoms with van der Waals surface area (Å²) in [4.78, 5) is 24.4. The molecule has 0 fully saturated rings. The lowest BCUT2D eigenvalue weighted by Crippen LogP contribution is -2.38. The van der Waals surface area contributed by atoms with E-state index in [2.05, 4.69) is 31.4 Å². The minimum Gasteiger partial charge on any atom is -0.352 e. The summed E-state index contributed by atoms with van der Waals surface area (Å²) in [7, 11) is 0. The Labute approximate surface area is 171 Å². The maximum atomic E-state index is 13.3. The number of urea groups is 1. The predicted octanol–water partition coefficient (Wildman–Crippen LogP) is 4.53. The molecule has 4 N–H and O–H groups in total. The monoisotopic (exact) mass is 399 g/mol. The predicted molar refractivity (Wildman–Crippen MR) is 113 cm³/mol. The van der Waals surface area contributed by atoms with Crippen LogP contribution in [0.25, 0.3) is 0 Å². The van der Waals surface area contributed by atoms with Crippen molar-refractivity contribution >= 4 is 11.9 Å². The second-order valence-electron chi connectivity index (χ2n) is 8.56. The summed E-state index contributed by atoms with van der Waals surface area (Å²) in [6.45, 7) is 8.17. The van der Waals surface area contributed by atoms with E-state index in [1.54, 1.807) is 12.1 Å². The summed E-state index contributed by atoms with van der Waals surface area (Å²) >= 11 is 0. The van der Waals surface area contributed by atoms with Crippen molar-refractivity contribution in [2.75, 3.05) is 0 Å². The third kappa shape index (κ3) is 7.22. The maximum absolute atomic E-state index is 13.3. The van der Waals surface area contributed by atoms with Gasteiger partial charge in [-0.1, -0.05) is 57.2 Å². The SMILES string of the molecule is Cc1ccccc1C(CC(=O)NC(CC(C)(C)C)c1ccc(F)cc1)NC(N)=O. The van der Waals surface area contributed by atoms with Gasteiger partial charge in [0.05, 0.1) is 18.5 Å². The van der Waals surface area contributed by atoms with E-state index in [0.29, 0.717) is 6.42 Å². The third-order valence-corrected chi connectivity index (χ3v) is 4.69. The first-order valence-electron chi connectivity index (χ1n) is 9.71. The smallest absolute Gasteiger partial charge is 0.312 e. The molecule has 0 bridgehead atoms. The summed E-state index contributed by atoms with van der Waals surface area (Å²) in [6.07, 6.45) is 0.734. The van der Waals surface area contributed by atoms with Crippen molar-refractivity contribution in [3.8, 4) is 0 Å². The lowest BCUT2D eigenvalue weighted by atomic mass is 9.85. The Kier molecular flexibility index (Phi) is 7.37. The lowest BCUT2D eigenvalue weighted by Gasteiger charge is -2.28. The van der Waals surface area contributed by atoms with Gasteiger partial charge in [0, 0.05) is 0 Å². The van der Waals surface area contributed by atoms with Crippen LogP contribution in [0, 0.1) is 18.2 Å². The maximum Gasteiger partial charge on any atom is 0.312 e. The first-order valence-corrected chi connectivity index (χ1v) is 9.71. The minimum absolute atomic E-state index is 0.0484. The van der Waals surface area contributed by atoms with Crippen molar-refractivity contribution in [3.63, 3.8) is 0 Å². The van der Waals surface area contributed by atoms with Crippen LogP contribution >= 0.6 is 0 Å². The van der Waals surface area contributed by atoms with Crippen LogP contribution in [0.4, 0.5) is 9.18 Å². The normalized spacial score (nSPS) is 13.4. The van der Waals surface area contributed by atoms with Crippen LogP contribution in [0.1, 0.15) is 62.4 Å². The molecule has 5 nitrogen and oxygen atoms in total. The molecule has 2 unspecified atom stereocenters. The topological polar surface area (TPSA) is 84.2 Å². The molecule has 2 atom stereocenters. The van der Waals surface area contributed by atoms with Crippen LogP contribution in [0.5, 0.6) is 0 Å². The Bertz CT molecular complexity index is 844. The quantitative estimate of drug-likeness (QED) is 0.639. The molecule has 2 aromatic carbocycles. The van der Waals surface area contributed by atoms with Gasteiger partial charge in [0.1, 0.15) is 5.82 Å². The molecular weight excluding hydrogens is 369 g/mol. The highest BCUT2D eigenvalue weighted by Gasteiger charge is 2.25. The molecule has 156 valence electrons. The van der Waals surface area contributed by atoms with E-state index in [1.165, 1.54) is 12.1 Å². The molecule has 6 heteroatoms. The molecule has 0 aliphatic heterocycles. The highest BCUT2D eigenvalue weighted by atomic mass is 19.1. The molecule has 0 aromatic heterocycles. The van der Waals surface area contributed by atoms with Gasteiger partial charge in [-0.3, -0.25) is 4.79 Å². The number of carbonyl (C=O) groups is 2. The van der Waals surface area contributed by atoms with Crippen molar-refractivity contribution < 1.29 is 14.0 Å². The zero-order valence-corrected chi connectivity index (χ0v) is 17.5. The average Bonchev–Trinajstić information content (AvgIpc) is 2.60. The van der Waals surface area contributed by atoms with Gasteiger partial charge in [0.15, 0.2) is 0 Å². The Morgan fingerprint density at radius 3 is 2.17 bits per heavy atom. The zero-order chi connectivity index (χ0) is 21.6. The second kappa shape index (κ2) is 9.54. The molecular formula is C23H30FN3O2. The van der Waals surface area contributed by atoms with Gasteiger partial charge in [0.25, 0.3) is 0 Å². The van der Waals surface area contributed by atoms with Crippen molar-refractivity contribution in [3.05, 3.63) is 71.0 Å². The number of hydrogen-bond acceptors (Lipinski definition) is 2. The van der Waals surface area contributed by atoms with Crippen LogP contribution in [-0.2, 0) is 4.79 Å². The highest BCUT2D eigenvalue weighted by Crippen LogP contribution is 2.30. The highest BCUT2D eigenvalue weighted by molar-refractivity contribution is 5.79. The number of nitrogens with one attached hydrogen (secondary N) is 2. The number of rotatable bonds is 7. The molecule has 0 aliphatic carbocycles. The Morgan fingerprint density at radius 2 is 1.62 bits per heavy atom. The first-order chi connectivity index (χ1) is 13.5. The van der Waals surface area contributed by atoms with Crippen molar-refractivity contribution in [1.29, 1.82) is 0 Å². The van der Waals surface area contributed by atoms with Crippen LogP contribution in [0.3, 0.4) is 0 Å². The summed E-state index contributed by atoms with van der Waals surface area (Å²) in [5, 5.41) is 5.71. The number of aryl methyl sites for hydroxylation is 1. The fourth-order valence-corrected chi connectivity index (χ4v) is 3.39. The number of hydrogen-bond donors (Lipinski definition) is 3. The molecule has 0 radical (unpaired) electrons. The van der Waals surface area contributed by atoms with E-state index in [9.17, 15) is 14.0 Å². The second-order valence-corrected chi connectivity index (χ2v) is 8.56. The fraction of sp³-hybridized carbons (Fsp3) is 0.391. The standard InChI is InChI=1S/C23H30FN3O2/c1-15-7-5-6-8-18(15)19(27-22(25)29)13-21(28)26-20(14-23(2,3)4)16-9-11-17(24)12-10-16/h5-12,19-20H,13-14H2,1-4H3,(H,26,28)(H3,25,27,29). The minimum atomic E-state index is -0.684. The number of benzene rings is 2. The molecule has 0 saturated carbocycles. The van der Waals surface area contributed by atoms with Crippen LogP contribution < -0.4 is 16.4 Å². The van der Waals surface area contributed by atoms with Gasteiger partial charge < -0.3 is 16.4 Å². The van der Waals surface area contributed by atoms with Crippen molar-refractivity contribution in [2.45, 2.75) is 52.6 Å². The number of halogens is 1. The van der Waals surface area contributed by atoms with E-state index in [4.69, 9.17) is 5.73 Å². The molecule has 0 heterocycles. The van der Waals surface area contributed by atoms with Gasteiger partial charge in [-0.2, -0.15) is 0 Å². The van der Waals surface area contributed by atoms with Crippen molar-refractivity contribution in [1.82, 2.24) is 10.6 Å². The van der Waals surface area contributed by atoms with Crippen molar-refractivity contribution in [2.24, 2.45) is 11.1 Å². The van der Waals surface area contributed by atoms with Crippen LogP contribution in [0.15, 0.2) is 48.5 Å². The first kappa shape index (κ1) is 22.4. The molecule has 2 aromatic rings. The van der Waals surface area contributed by atoms with E-state index < -0.39 is 12.1 Å². The van der Waals surface area contributed by atoms with Crippen LogP contribution in [-0.4, -0.2) is 11.9 Å². The van der Waals surface area contributed by atoms with E-state index in [-0.39, 0.29) is 29.6 Å². The fourth-order valence-electron chi connectivity index (χ4n) is 3.39. The summed E-state index contributed by atoms with van der Waals surface area (Å²) in [5.41, 5.74) is 7.92. The summed E-state index contributed by atoms with van der Waals surface area (Å²) < 4.78 is 13.3. The molecule has 29 heavy (non-hydrogen) atoms. The van der Waals surface area contributed by atoms with E-state index >= 15 is 0 Å². The summed E-state index contributed by atoms with van der Waals surface area (Å²) in [5.74, 6) is -0.537. The number of primary amides is 1. The third-order valence-electron chi connectivity index (χ3n) is 4.69. The largest absolute Gasteiger partial charge is 0.352 e. The van der Waals surface area contributed by atoms with E-state index in [1.807, 2.05) is 31.2 Å². The zero-order valence-electron chi connectivity index (χ0n) is 17.5. The Balaban J connectivity index is 2.21. The van der Waals surface area contributed by atoms with Gasteiger partial charge >= 0.3 is 6.03 Å². The molecule has 3 amide bonds. The van der Waals surface area contributed by atoms with Gasteiger partial charge in [-0.25, -0.2) is 9.18 Å². The molecule has 0 aliphatic rings. The molecule has 0 saturated heterocycles. The van der Waals surface area contributed by atoms with Crippen LogP contribution in [0.2, 0.25) is 0 Å². The number of nitrogens with two attached hydrogens (primary N) is 1. The van der Waals surface area contributed by atoms with Gasteiger partial charge in [-0.05, 0) is 47.6 Å². The lowest BCUT2D eigenvalue weighted by molar-refractivity contribution is -0.122. The van der Waals surface area contributed by atoms with E-state index in [0.717, 1.165) is 16.7 Å². The average molecular weight is 400 g/mol. The summed E-state index contributed by atoms with van der Waals surface area (Å²) in [6, 6.07) is 12.2. The Hall–Kier alpha value is -2.89. The van der Waals surface area contributed by atoms with Gasteiger partial charge in [-0.15, -0.1) is 0 Å². The Morgan fingerprint density at radius 1 is 1.00 bits per heavy atom. The number of amides is 3. The van der Waals surface area contributed by atoms with Gasteiger partial charge in [0.2, 0.25) is 5.91 Å². The molecule has 2 rings (SSSR count).